The first kappa shape index (κ1) is 21.6. The number of anilines is 1. The first-order valence-electron chi connectivity index (χ1n) is 9.27. The maximum absolute atomic E-state index is 12.9. The van der Waals surface area contributed by atoms with Gasteiger partial charge >= 0.3 is 0 Å². The van der Waals surface area contributed by atoms with Crippen LogP contribution in [-0.2, 0) is 20.0 Å². The minimum atomic E-state index is -4.02. The summed E-state index contributed by atoms with van der Waals surface area (Å²) in [6.07, 6.45) is 1.47. The lowest BCUT2D eigenvalue weighted by atomic mass is 10.1. The zero-order valence-electron chi connectivity index (χ0n) is 16.1. The van der Waals surface area contributed by atoms with Gasteiger partial charge in [0.1, 0.15) is 0 Å². The molecule has 1 aliphatic heterocycles. The smallest absolute Gasteiger partial charge is 0.261 e. The molecule has 1 fully saturated rings. The molecule has 1 aliphatic rings. The van der Waals surface area contributed by atoms with Crippen LogP contribution in [0.4, 0.5) is 5.69 Å². The highest BCUT2D eigenvalue weighted by Gasteiger charge is 2.26. The van der Waals surface area contributed by atoms with Crippen LogP contribution in [0.25, 0.3) is 10.9 Å². The number of nitrogens with one attached hydrogen (secondary N) is 3. The number of hydrogen-bond acceptors (Lipinski definition) is 6. The lowest BCUT2D eigenvalue weighted by molar-refractivity contribution is 0.360. The summed E-state index contributed by atoms with van der Waals surface area (Å²) in [4.78, 5) is 2.81. The first-order chi connectivity index (χ1) is 14.7. The van der Waals surface area contributed by atoms with E-state index < -0.39 is 20.0 Å². The van der Waals surface area contributed by atoms with Gasteiger partial charge < -0.3 is 10.3 Å². The van der Waals surface area contributed by atoms with Crippen LogP contribution < -0.4 is 10.0 Å². The Morgan fingerprint density at radius 3 is 2.29 bits per heavy atom. The number of aromatic nitrogens is 1. The van der Waals surface area contributed by atoms with E-state index in [4.69, 9.17) is 11.6 Å². The van der Waals surface area contributed by atoms with Crippen molar-refractivity contribution in [3.05, 3.63) is 53.2 Å². The Morgan fingerprint density at radius 2 is 1.65 bits per heavy atom. The maximum atomic E-state index is 12.9. The molecule has 31 heavy (non-hydrogen) atoms. The van der Waals surface area contributed by atoms with E-state index in [-0.39, 0.29) is 15.5 Å². The number of halogens is 1. The molecule has 4 rings (SSSR count). The van der Waals surface area contributed by atoms with Crippen LogP contribution in [0.5, 0.6) is 0 Å². The molecule has 0 saturated carbocycles. The Balaban J connectivity index is 1.63. The molecule has 0 unspecified atom stereocenters. The number of nitriles is 1. The molecule has 12 heteroatoms. The van der Waals surface area contributed by atoms with Gasteiger partial charge in [0.05, 0.1) is 37.7 Å². The Bertz CT molecular complexity index is 1390. The van der Waals surface area contributed by atoms with Crippen molar-refractivity contribution in [2.75, 3.05) is 30.9 Å². The lowest BCUT2D eigenvalue weighted by Gasteiger charge is -2.26. The molecule has 0 radical (unpaired) electrons. The number of benzene rings is 2. The van der Waals surface area contributed by atoms with Gasteiger partial charge in [0.15, 0.2) is 0 Å². The van der Waals surface area contributed by atoms with Gasteiger partial charge in [-0.05, 0) is 36.4 Å². The molecule has 3 N–H and O–H groups in total. The van der Waals surface area contributed by atoms with Crippen LogP contribution in [0.1, 0.15) is 5.56 Å². The Labute approximate surface area is 184 Å². The first-order valence-corrected chi connectivity index (χ1v) is 12.6. The number of rotatable bonds is 5. The molecule has 0 bridgehead atoms. The molecule has 9 nitrogen and oxygen atoms in total. The summed E-state index contributed by atoms with van der Waals surface area (Å²) in [6, 6.07) is 10.0. The Kier molecular flexibility index (Phi) is 5.67. The standard InChI is InChI=1S/C19H18ClN5O4S2/c20-16-12-23-19-17(6-1-13(11-21)18(16)19)24-30(26,27)14-2-4-15(5-3-14)31(28,29)25-9-7-22-8-10-25/h1-6,12,22-24H,7-10H2. The summed E-state index contributed by atoms with van der Waals surface area (Å²) in [5, 5.41) is 13.1. The second-order valence-electron chi connectivity index (χ2n) is 6.89. The topological polar surface area (TPSA) is 135 Å². The fraction of sp³-hybridized carbons (Fsp3) is 0.211. The molecule has 1 saturated heterocycles. The molecule has 0 aliphatic carbocycles. The molecule has 3 aromatic rings. The van der Waals surface area contributed by atoms with Gasteiger partial charge in [-0.3, -0.25) is 4.72 Å². The van der Waals surface area contributed by atoms with E-state index in [0.29, 0.717) is 47.7 Å². The monoisotopic (exact) mass is 479 g/mol. The van der Waals surface area contributed by atoms with Gasteiger partial charge in [-0.2, -0.15) is 9.57 Å². The summed E-state index contributed by atoms with van der Waals surface area (Å²) in [7, 11) is -7.71. The number of hydrogen-bond donors (Lipinski definition) is 3. The van der Waals surface area contributed by atoms with Crippen molar-refractivity contribution in [3.63, 3.8) is 0 Å². The molecular weight excluding hydrogens is 462 g/mol. The average molecular weight is 480 g/mol. The van der Waals surface area contributed by atoms with Crippen LogP contribution in [-0.4, -0.2) is 52.3 Å². The van der Waals surface area contributed by atoms with Gasteiger partial charge in [-0.1, -0.05) is 11.6 Å². The van der Waals surface area contributed by atoms with E-state index in [1.165, 1.54) is 46.9 Å². The molecule has 0 amide bonds. The minimum Gasteiger partial charge on any atom is -0.358 e. The molecular formula is C19H18ClN5O4S2. The third kappa shape index (κ3) is 4.00. The number of nitrogens with zero attached hydrogens (tertiary/aromatic N) is 2. The fourth-order valence-corrected chi connectivity index (χ4v) is 6.18. The zero-order chi connectivity index (χ0) is 22.2. The second kappa shape index (κ2) is 8.14. The van der Waals surface area contributed by atoms with Crippen LogP contribution in [0.3, 0.4) is 0 Å². The van der Waals surface area contributed by atoms with Crippen molar-refractivity contribution in [2.24, 2.45) is 0 Å². The van der Waals surface area contributed by atoms with Crippen molar-refractivity contribution in [3.8, 4) is 6.07 Å². The van der Waals surface area contributed by atoms with Gasteiger partial charge in [0.2, 0.25) is 10.0 Å². The second-order valence-corrected chi connectivity index (χ2v) is 10.9. The number of H-pyrrole nitrogens is 1. The van der Waals surface area contributed by atoms with E-state index in [0.717, 1.165) is 0 Å². The highest BCUT2D eigenvalue weighted by atomic mass is 35.5. The van der Waals surface area contributed by atoms with E-state index in [1.807, 2.05) is 6.07 Å². The highest BCUT2D eigenvalue weighted by Crippen LogP contribution is 2.33. The molecule has 0 spiro atoms. The number of aromatic amines is 1. The highest BCUT2D eigenvalue weighted by molar-refractivity contribution is 7.92. The molecule has 2 aromatic carbocycles. The predicted molar refractivity (Wildman–Crippen MR) is 117 cm³/mol. The van der Waals surface area contributed by atoms with E-state index in [2.05, 4.69) is 15.0 Å². The van der Waals surface area contributed by atoms with Gasteiger partial charge in [0, 0.05) is 37.8 Å². The van der Waals surface area contributed by atoms with Crippen molar-refractivity contribution >= 4 is 48.2 Å². The SMILES string of the molecule is N#Cc1ccc(NS(=O)(=O)c2ccc(S(=O)(=O)N3CCNCC3)cc2)c2[nH]cc(Cl)c12. The number of fused-ring (bicyclic) bond motifs is 1. The van der Waals surface area contributed by atoms with E-state index in [9.17, 15) is 22.1 Å². The van der Waals surface area contributed by atoms with E-state index in [1.54, 1.807) is 0 Å². The Hall–Kier alpha value is -2.62. The molecule has 1 aromatic heterocycles. The quantitative estimate of drug-likeness (QED) is 0.512. The van der Waals surface area contributed by atoms with Gasteiger partial charge in [0.25, 0.3) is 10.0 Å². The van der Waals surface area contributed by atoms with Crippen molar-refractivity contribution in [1.82, 2.24) is 14.6 Å². The summed E-state index contributed by atoms with van der Waals surface area (Å²) in [5.74, 6) is 0. The normalized spacial score (nSPS) is 15.6. The number of sulfonamides is 2. The van der Waals surface area contributed by atoms with E-state index >= 15 is 0 Å². The summed E-state index contributed by atoms with van der Waals surface area (Å²) in [5.41, 5.74) is 0.913. The van der Waals surface area contributed by atoms with Crippen molar-refractivity contribution < 1.29 is 16.8 Å². The van der Waals surface area contributed by atoms with Crippen molar-refractivity contribution in [1.29, 1.82) is 5.26 Å². The summed E-state index contributed by atoms with van der Waals surface area (Å²) in [6.45, 7) is 1.85. The average Bonchev–Trinajstić information content (AvgIpc) is 3.17. The minimum absolute atomic E-state index is 0.0327. The molecule has 2 heterocycles. The van der Waals surface area contributed by atoms with Crippen LogP contribution in [0.2, 0.25) is 5.02 Å². The predicted octanol–water partition coefficient (Wildman–Crippen LogP) is 2.09. The third-order valence-corrected chi connectivity index (χ3v) is 8.59. The van der Waals surface area contributed by atoms with Gasteiger partial charge in [-0.15, -0.1) is 0 Å². The third-order valence-electron chi connectivity index (χ3n) is 5.00. The van der Waals surface area contributed by atoms with Crippen molar-refractivity contribution in [2.45, 2.75) is 9.79 Å². The Morgan fingerprint density at radius 1 is 1.00 bits per heavy atom. The number of piperazine rings is 1. The van der Waals surface area contributed by atoms with Crippen LogP contribution in [0, 0.1) is 11.3 Å². The van der Waals surface area contributed by atoms with Gasteiger partial charge in [-0.25, -0.2) is 16.8 Å². The lowest BCUT2D eigenvalue weighted by Crippen LogP contribution is -2.46. The molecule has 0 atom stereocenters. The summed E-state index contributed by atoms with van der Waals surface area (Å²) < 4.78 is 55.1. The zero-order valence-corrected chi connectivity index (χ0v) is 18.5. The maximum Gasteiger partial charge on any atom is 0.261 e. The fourth-order valence-electron chi connectivity index (χ4n) is 3.41. The van der Waals surface area contributed by atoms with Crippen LogP contribution >= 0.6 is 11.6 Å². The van der Waals surface area contributed by atoms with Crippen LogP contribution in [0.15, 0.2) is 52.4 Å². The largest absolute Gasteiger partial charge is 0.358 e. The molecule has 162 valence electrons. The summed E-state index contributed by atoms with van der Waals surface area (Å²) >= 11 is 6.12.